The van der Waals surface area contributed by atoms with Gasteiger partial charge in [-0.25, -0.2) is 0 Å². The van der Waals surface area contributed by atoms with Crippen molar-refractivity contribution in [1.82, 2.24) is 0 Å². The van der Waals surface area contributed by atoms with Crippen LogP contribution < -0.4 is 11.1 Å². The summed E-state index contributed by atoms with van der Waals surface area (Å²) < 4.78 is 38.2. The predicted molar refractivity (Wildman–Crippen MR) is 67.6 cm³/mol. The third-order valence-corrected chi connectivity index (χ3v) is 3.01. The van der Waals surface area contributed by atoms with Crippen molar-refractivity contribution < 1.29 is 18.0 Å². The highest BCUT2D eigenvalue weighted by molar-refractivity contribution is 5.92. The molecule has 0 heterocycles. The van der Waals surface area contributed by atoms with Gasteiger partial charge < -0.3 is 11.1 Å². The van der Waals surface area contributed by atoms with Crippen molar-refractivity contribution in [2.45, 2.75) is 33.0 Å². The van der Waals surface area contributed by atoms with Crippen LogP contribution in [0.15, 0.2) is 18.2 Å². The Kier molecular flexibility index (Phi) is 4.57. The van der Waals surface area contributed by atoms with Crippen LogP contribution in [0.3, 0.4) is 0 Å². The van der Waals surface area contributed by atoms with Crippen LogP contribution in [-0.4, -0.2) is 11.9 Å². The number of nitrogens with one attached hydrogen (secondary N) is 1. The lowest BCUT2D eigenvalue weighted by molar-refractivity contribution is -0.138. The normalized spacial score (nSPS) is 14.9. The van der Waals surface area contributed by atoms with Gasteiger partial charge in [-0.15, -0.1) is 0 Å². The molecule has 0 saturated carbocycles. The summed E-state index contributed by atoms with van der Waals surface area (Å²) in [5, 5.41) is 2.44. The van der Waals surface area contributed by atoms with Gasteiger partial charge in [0.2, 0.25) is 5.91 Å². The van der Waals surface area contributed by atoms with Gasteiger partial charge in [0.25, 0.3) is 0 Å². The van der Waals surface area contributed by atoms with E-state index >= 15 is 0 Å². The molecule has 1 aromatic carbocycles. The molecular weight excluding hydrogens is 257 g/mol. The molecule has 3 N–H and O–H groups in total. The van der Waals surface area contributed by atoms with E-state index in [1.165, 1.54) is 19.1 Å². The van der Waals surface area contributed by atoms with Crippen LogP contribution in [0.4, 0.5) is 18.9 Å². The zero-order valence-electron chi connectivity index (χ0n) is 11.0. The van der Waals surface area contributed by atoms with E-state index in [1.807, 2.05) is 0 Å². The number of aryl methyl sites for hydroxylation is 1. The van der Waals surface area contributed by atoms with Crippen LogP contribution >= 0.6 is 0 Å². The monoisotopic (exact) mass is 274 g/mol. The summed E-state index contributed by atoms with van der Waals surface area (Å²) in [6, 6.07) is 3.33. The molecule has 0 radical (unpaired) electrons. The number of carbonyl (C=O) groups excluding carboxylic acids is 1. The minimum absolute atomic E-state index is 0.116. The van der Waals surface area contributed by atoms with Crippen molar-refractivity contribution in [3.05, 3.63) is 29.3 Å². The molecule has 0 aliphatic rings. The summed E-state index contributed by atoms with van der Waals surface area (Å²) in [6.07, 6.45) is -4.43. The maximum atomic E-state index is 12.7. The molecule has 2 atom stereocenters. The number of halogens is 3. The molecule has 0 aliphatic heterocycles. The molecule has 0 aliphatic carbocycles. The second-order valence-electron chi connectivity index (χ2n) is 4.66. The van der Waals surface area contributed by atoms with Gasteiger partial charge >= 0.3 is 6.18 Å². The fourth-order valence-electron chi connectivity index (χ4n) is 1.50. The predicted octanol–water partition coefficient (Wildman–Crippen LogP) is 2.94. The number of carbonyl (C=O) groups is 1. The highest BCUT2D eigenvalue weighted by Gasteiger charge is 2.32. The Balaban J connectivity index is 2.95. The lowest BCUT2D eigenvalue weighted by atomic mass is 10.0. The minimum atomic E-state index is -4.43. The molecule has 0 aromatic heterocycles. The minimum Gasteiger partial charge on any atom is -0.327 e. The van der Waals surface area contributed by atoms with Crippen molar-refractivity contribution in [2.75, 3.05) is 5.32 Å². The van der Waals surface area contributed by atoms with Gasteiger partial charge in [-0.1, -0.05) is 13.0 Å². The van der Waals surface area contributed by atoms with Crippen molar-refractivity contribution in [3.63, 3.8) is 0 Å². The number of alkyl halides is 3. The van der Waals surface area contributed by atoms with Crippen LogP contribution in [0.5, 0.6) is 0 Å². The summed E-state index contributed by atoms with van der Waals surface area (Å²) >= 11 is 0. The first kappa shape index (κ1) is 15.5. The highest BCUT2D eigenvalue weighted by Crippen LogP contribution is 2.33. The number of benzene rings is 1. The van der Waals surface area contributed by atoms with Crippen molar-refractivity contribution in [3.8, 4) is 0 Å². The molecule has 1 aromatic rings. The third-order valence-electron chi connectivity index (χ3n) is 3.01. The summed E-state index contributed by atoms with van der Waals surface area (Å²) in [7, 11) is 0. The number of amides is 1. The van der Waals surface area contributed by atoms with Crippen molar-refractivity contribution in [2.24, 2.45) is 11.7 Å². The Morgan fingerprint density at radius 1 is 1.32 bits per heavy atom. The summed E-state index contributed by atoms with van der Waals surface area (Å²) in [5.41, 5.74) is 5.06. The molecule has 1 rings (SSSR count). The van der Waals surface area contributed by atoms with Crippen LogP contribution in [0, 0.1) is 12.8 Å². The van der Waals surface area contributed by atoms with E-state index in [9.17, 15) is 18.0 Å². The molecule has 2 unspecified atom stereocenters. The average Bonchev–Trinajstić information content (AvgIpc) is 2.28. The van der Waals surface area contributed by atoms with Gasteiger partial charge in [0.15, 0.2) is 0 Å². The molecule has 0 fully saturated rings. The van der Waals surface area contributed by atoms with E-state index < -0.39 is 23.6 Å². The number of anilines is 1. The fraction of sp³-hybridized carbons (Fsp3) is 0.462. The maximum absolute atomic E-state index is 12.7. The largest absolute Gasteiger partial charge is 0.416 e. The summed E-state index contributed by atoms with van der Waals surface area (Å²) in [5.74, 6) is -0.873. The number of rotatable bonds is 3. The zero-order chi connectivity index (χ0) is 14.8. The van der Waals surface area contributed by atoms with Gasteiger partial charge in [-0.05, 0) is 31.5 Å². The van der Waals surface area contributed by atoms with E-state index in [-0.39, 0.29) is 17.3 Å². The summed E-state index contributed by atoms with van der Waals surface area (Å²) in [6.45, 7) is 4.67. The van der Waals surface area contributed by atoms with Gasteiger partial charge in [0.1, 0.15) is 0 Å². The average molecular weight is 274 g/mol. The summed E-state index contributed by atoms with van der Waals surface area (Å²) in [4.78, 5) is 11.7. The number of hydrogen-bond donors (Lipinski definition) is 2. The Bertz CT molecular complexity index is 469. The first-order chi connectivity index (χ1) is 8.62. The molecule has 6 heteroatoms. The van der Waals surface area contributed by atoms with Crippen LogP contribution in [0.25, 0.3) is 0 Å². The Labute approximate surface area is 110 Å². The van der Waals surface area contributed by atoms with Crippen molar-refractivity contribution >= 4 is 11.6 Å². The Hall–Kier alpha value is -1.56. The number of nitrogens with two attached hydrogens (primary N) is 1. The van der Waals surface area contributed by atoms with E-state index in [2.05, 4.69) is 5.32 Å². The zero-order valence-corrected chi connectivity index (χ0v) is 11.0. The van der Waals surface area contributed by atoms with E-state index in [4.69, 9.17) is 5.73 Å². The van der Waals surface area contributed by atoms with Gasteiger partial charge in [0.05, 0.1) is 11.5 Å². The second kappa shape index (κ2) is 5.61. The smallest absolute Gasteiger partial charge is 0.327 e. The quantitative estimate of drug-likeness (QED) is 0.890. The molecule has 1 amide bonds. The highest BCUT2D eigenvalue weighted by atomic mass is 19.4. The van der Waals surface area contributed by atoms with Gasteiger partial charge in [-0.3, -0.25) is 4.79 Å². The second-order valence-corrected chi connectivity index (χ2v) is 4.66. The first-order valence-corrected chi connectivity index (χ1v) is 5.87. The molecule has 0 saturated heterocycles. The third kappa shape index (κ3) is 3.96. The Morgan fingerprint density at radius 2 is 1.89 bits per heavy atom. The van der Waals surface area contributed by atoms with Gasteiger partial charge in [-0.2, -0.15) is 13.2 Å². The molecule has 0 bridgehead atoms. The lowest BCUT2D eigenvalue weighted by Gasteiger charge is -2.17. The van der Waals surface area contributed by atoms with E-state index in [1.54, 1.807) is 13.8 Å². The molecule has 19 heavy (non-hydrogen) atoms. The first-order valence-electron chi connectivity index (χ1n) is 5.87. The van der Waals surface area contributed by atoms with Gasteiger partial charge in [0, 0.05) is 11.7 Å². The fourth-order valence-corrected chi connectivity index (χ4v) is 1.50. The van der Waals surface area contributed by atoms with Crippen molar-refractivity contribution in [1.29, 1.82) is 0 Å². The molecule has 3 nitrogen and oxygen atoms in total. The van der Waals surface area contributed by atoms with Crippen LogP contribution in [0.2, 0.25) is 0 Å². The van der Waals surface area contributed by atoms with E-state index in [0.717, 1.165) is 6.07 Å². The lowest BCUT2D eigenvalue weighted by Crippen LogP contribution is -2.34. The SMILES string of the molecule is Cc1ccc(NC(=O)C(C)C(C)N)cc1C(F)(F)F. The standard InChI is InChI=1S/C13H17F3N2O/c1-7-4-5-10(6-11(7)13(14,15)16)18-12(19)8(2)9(3)17/h4-6,8-9H,17H2,1-3H3,(H,18,19). The number of hydrogen-bond acceptors (Lipinski definition) is 2. The molecule has 106 valence electrons. The maximum Gasteiger partial charge on any atom is 0.416 e. The topological polar surface area (TPSA) is 55.1 Å². The Morgan fingerprint density at radius 3 is 2.37 bits per heavy atom. The molecular formula is C13H17F3N2O. The van der Waals surface area contributed by atoms with Crippen LogP contribution in [-0.2, 0) is 11.0 Å². The van der Waals surface area contributed by atoms with E-state index in [0.29, 0.717) is 0 Å². The van der Waals surface area contributed by atoms with Crippen LogP contribution in [0.1, 0.15) is 25.0 Å². The molecule has 0 spiro atoms.